The molecule has 1 fully saturated rings. The summed E-state index contributed by atoms with van der Waals surface area (Å²) in [6, 6.07) is 0.677. The van der Waals surface area contributed by atoms with Gasteiger partial charge >= 0.3 is 0 Å². The van der Waals surface area contributed by atoms with Gasteiger partial charge in [0.2, 0.25) is 6.39 Å². The van der Waals surface area contributed by atoms with Crippen LogP contribution < -0.4 is 5.32 Å². The number of nitrogens with one attached hydrogen (secondary N) is 1. The van der Waals surface area contributed by atoms with Gasteiger partial charge in [0.25, 0.3) is 0 Å². The Morgan fingerprint density at radius 1 is 1.32 bits per heavy atom. The Kier molecular flexibility index (Phi) is 4.97. The Morgan fingerprint density at radius 2 is 2.05 bits per heavy atom. The highest BCUT2D eigenvalue weighted by molar-refractivity contribution is 4.86. The van der Waals surface area contributed by atoms with Gasteiger partial charge in [-0.1, -0.05) is 32.3 Å². The van der Waals surface area contributed by atoms with Crippen LogP contribution in [-0.4, -0.2) is 22.7 Å². The lowest BCUT2D eigenvalue weighted by Crippen LogP contribution is -2.37. The number of aromatic nitrogens is 2. The zero-order chi connectivity index (χ0) is 13.7. The van der Waals surface area contributed by atoms with Gasteiger partial charge in [0.1, 0.15) is 0 Å². The molecule has 0 bridgehead atoms. The molecule has 2 rings (SSSR count). The molecule has 1 aromatic heterocycles. The summed E-state index contributed by atoms with van der Waals surface area (Å²) in [7, 11) is 0. The number of hydrogen-bond donors (Lipinski definition) is 1. The normalized spacial score (nSPS) is 24.6. The van der Waals surface area contributed by atoms with Gasteiger partial charge in [-0.2, -0.15) is 4.98 Å². The first-order chi connectivity index (χ1) is 9.12. The number of hydrogen-bond acceptors (Lipinski definition) is 4. The third-order valence-corrected chi connectivity index (χ3v) is 4.93. The largest absolute Gasteiger partial charge is 0.343 e. The molecule has 1 aliphatic carbocycles. The fraction of sp³-hybridized carbons (Fsp3) is 0.867. The van der Waals surface area contributed by atoms with Gasteiger partial charge < -0.3 is 9.84 Å². The van der Waals surface area contributed by atoms with Crippen molar-refractivity contribution < 1.29 is 4.52 Å². The molecule has 1 N–H and O–H groups in total. The van der Waals surface area contributed by atoms with E-state index in [4.69, 9.17) is 4.52 Å². The standard InChI is InChI=1S/C15H27N3O/c1-4-15(2,3)12-5-7-13(8-6-12)16-10-9-14-17-11-19-18-14/h11-13,16H,4-10H2,1-3H3. The molecule has 1 saturated carbocycles. The molecule has 0 radical (unpaired) electrons. The van der Waals surface area contributed by atoms with Crippen LogP contribution in [0.25, 0.3) is 0 Å². The zero-order valence-electron chi connectivity index (χ0n) is 12.5. The molecule has 0 aliphatic heterocycles. The molecule has 4 heteroatoms. The molecule has 0 saturated heterocycles. The molecule has 108 valence electrons. The van der Waals surface area contributed by atoms with E-state index in [1.165, 1.54) is 38.5 Å². The summed E-state index contributed by atoms with van der Waals surface area (Å²) in [5, 5.41) is 7.46. The van der Waals surface area contributed by atoms with Crippen LogP contribution in [0, 0.1) is 11.3 Å². The Labute approximate surface area is 116 Å². The van der Waals surface area contributed by atoms with Gasteiger partial charge in [0.05, 0.1) is 0 Å². The predicted octanol–water partition coefficient (Wildman–Crippen LogP) is 3.20. The van der Waals surface area contributed by atoms with E-state index in [0.29, 0.717) is 11.5 Å². The van der Waals surface area contributed by atoms with Crippen molar-refractivity contribution in [3.8, 4) is 0 Å². The minimum absolute atomic E-state index is 0.510. The van der Waals surface area contributed by atoms with Crippen molar-refractivity contribution >= 4 is 0 Å². The Hall–Kier alpha value is -0.900. The van der Waals surface area contributed by atoms with Crippen molar-refractivity contribution in [1.82, 2.24) is 15.5 Å². The topological polar surface area (TPSA) is 51.0 Å². The number of nitrogens with zero attached hydrogens (tertiary/aromatic N) is 2. The lowest BCUT2D eigenvalue weighted by molar-refractivity contribution is 0.137. The summed E-state index contributed by atoms with van der Waals surface area (Å²) in [6.07, 6.45) is 8.87. The average Bonchev–Trinajstić information content (AvgIpc) is 2.92. The van der Waals surface area contributed by atoms with Crippen LogP contribution in [0.15, 0.2) is 10.9 Å². The van der Waals surface area contributed by atoms with Crippen molar-refractivity contribution in [3.63, 3.8) is 0 Å². The Bertz CT molecular complexity index is 353. The highest BCUT2D eigenvalue weighted by atomic mass is 16.5. The van der Waals surface area contributed by atoms with Gasteiger partial charge in [-0.05, 0) is 37.0 Å². The molecule has 0 unspecified atom stereocenters. The molecular weight excluding hydrogens is 238 g/mol. The van der Waals surface area contributed by atoms with Gasteiger partial charge in [0, 0.05) is 19.0 Å². The molecule has 0 amide bonds. The first kappa shape index (κ1) is 14.5. The van der Waals surface area contributed by atoms with Crippen LogP contribution in [0.5, 0.6) is 0 Å². The van der Waals surface area contributed by atoms with Gasteiger partial charge in [0.15, 0.2) is 5.82 Å². The summed E-state index contributed by atoms with van der Waals surface area (Å²) >= 11 is 0. The Balaban J connectivity index is 1.66. The molecule has 0 spiro atoms. The van der Waals surface area contributed by atoms with E-state index < -0.39 is 0 Å². The van der Waals surface area contributed by atoms with Crippen molar-refractivity contribution in [2.45, 2.75) is 65.3 Å². The van der Waals surface area contributed by atoms with E-state index in [-0.39, 0.29) is 0 Å². The molecule has 0 atom stereocenters. The SMILES string of the molecule is CCC(C)(C)C1CCC(NCCc2ncon2)CC1. The van der Waals surface area contributed by atoms with Crippen LogP contribution in [-0.2, 0) is 6.42 Å². The highest BCUT2D eigenvalue weighted by Gasteiger charge is 2.31. The average molecular weight is 265 g/mol. The van der Waals surface area contributed by atoms with E-state index in [9.17, 15) is 0 Å². The lowest BCUT2D eigenvalue weighted by atomic mass is 9.69. The molecule has 0 aromatic carbocycles. The zero-order valence-corrected chi connectivity index (χ0v) is 12.5. The second kappa shape index (κ2) is 6.51. The van der Waals surface area contributed by atoms with Crippen LogP contribution in [0.2, 0.25) is 0 Å². The van der Waals surface area contributed by atoms with Crippen molar-refractivity contribution in [3.05, 3.63) is 12.2 Å². The van der Waals surface area contributed by atoms with E-state index in [2.05, 4.69) is 36.2 Å². The third kappa shape index (κ3) is 4.03. The predicted molar refractivity (Wildman–Crippen MR) is 75.8 cm³/mol. The van der Waals surface area contributed by atoms with Crippen LogP contribution in [0.1, 0.15) is 58.7 Å². The minimum atomic E-state index is 0.510. The third-order valence-electron chi connectivity index (χ3n) is 4.93. The molecule has 1 heterocycles. The highest BCUT2D eigenvalue weighted by Crippen LogP contribution is 2.40. The van der Waals surface area contributed by atoms with Crippen molar-refractivity contribution in [2.75, 3.05) is 6.54 Å². The monoisotopic (exact) mass is 265 g/mol. The molecule has 19 heavy (non-hydrogen) atoms. The lowest BCUT2D eigenvalue weighted by Gasteiger charge is -2.39. The molecule has 1 aliphatic rings. The van der Waals surface area contributed by atoms with Crippen LogP contribution >= 0.6 is 0 Å². The first-order valence-corrected chi connectivity index (χ1v) is 7.60. The number of rotatable bonds is 6. The summed E-state index contributed by atoms with van der Waals surface area (Å²) in [6.45, 7) is 8.10. The molecular formula is C15H27N3O. The second-order valence-corrected chi connectivity index (χ2v) is 6.44. The van der Waals surface area contributed by atoms with E-state index in [0.717, 1.165) is 24.7 Å². The van der Waals surface area contributed by atoms with E-state index in [1.807, 2.05) is 0 Å². The molecule has 4 nitrogen and oxygen atoms in total. The van der Waals surface area contributed by atoms with E-state index >= 15 is 0 Å². The molecule has 1 aromatic rings. The fourth-order valence-corrected chi connectivity index (χ4v) is 3.06. The Morgan fingerprint density at radius 3 is 2.63 bits per heavy atom. The second-order valence-electron chi connectivity index (χ2n) is 6.44. The maximum atomic E-state index is 4.73. The van der Waals surface area contributed by atoms with Crippen molar-refractivity contribution in [1.29, 1.82) is 0 Å². The fourth-order valence-electron chi connectivity index (χ4n) is 3.06. The van der Waals surface area contributed by atoms with Gasteiger partial charge in [-0.15, -0.1) is 0 Å². The van der Waals surface area contributed by atoms with Crippen LogP contribution in [0.4, 0.5) is 0 Å². The van der Waals surface area contributed by atoms with Gasteiger partial charge in [-0.25, -0.2) is 0 Å². The smallest absolute Gasteiger partial charge is 0.213 e. The summed E-state index contributed by atoms with van der Waals surface area (Å²) < 4.78 is 4.73. The maximum absolute atomic E-state index is 4.73. The van der Waals surface area contributed by atoms with Gasteiger partial charge in [-0.3, -0.25) is 0 Å². The van der Waals surface area contributed by atoms with E-state index in [1.54, 1.807) is 0 Å². The maximum Gasteiger partial charge on any atom is 0.213 e. The summed E-state index contributed by atoms with van der Waals surface area (Å²) in [5.41, 5.74) is 0.510. The quantitative estimate of drug-likeness (QED) is 0.858. The van der Waals surface area contributed by atoms with Crippen molar-refractivity contribution in [2.24, 2.45) is 11.3 Å². The summed E-state index contributed by atoms with van der Waals surface area (Å²) in [4.78, 5) is 4.04. The minimum Gasteiger partial charge on any atom is -0.343 e. The van der Waals surface area contributed by atoms with Crippen LogP contribution in [0.3, 0.4) is 0 Å². The first-order valence-electron chi connectivity index (χ1n) is 7.60. The summed E-state index contributed by atoms with van der Waals surface area (Å²) in [5.74, 6) is 1.70.